The van der Waals surface area contributed by atoms with Crippen molar-refractivity contribution in [3.8, 4) is 5.75 Å². The molecule has 0 fully saturated rings. The van der Waals surface area contributed by atoms with Crippen LogP contribution in [0, 0.1) is 0 Å². The molecule has 0 amide bonds. The van der Waals surface area contributed by atoms with Crippen LogP contribution in [-0.4, -0.2) is 12.4 Å². The van der Waals surface area contributed by atoms with Crippen LogP contribution in [0.1, 0.15) is 29.3 Å². The summed E-state index contributed by atoms with van der Waals surface area (Å²) in [5.41, 5.74) is 3.95. The smallest absolute Gasteiger partial charge is 0.387 e. The van der Waals surface area contributed by atoms with Gasteiger partial charge in [-0.2, -0.15) is 8.78 Å². The third-order valence-corrected chi connectivity index (χ3v) is 2.03. The minimum Gasteiger partial charge on any atom is -0.435 e. The van der Waals surface area contributed by atoms with Gasteiger partial charge in [0.1, 0.15) is 5.75 Å². The number of anilines is 1. The first kappa shape index (κ1) is 13.3. The second-order valence-corrected chi connectivity index (χ2v) is 3.21. The van der Waals surface area contributed by atoms with E-state index in [0.29, 0.717) is 6.07 Å². The van der Waals surface area contributed by atoms with Crippen LogP contribution in [0.2, 0.25) is 0 Å². The maximum Gasteiger partial charge on any atom is 0.387 e. The summed E-state index contributed by atoms with van der Waals surface area (Å²) in [6.45, 7) is -2.07. The second-order valence-electron chi connectivity index (χ2n) is 3.21. The summed E-state index contributed by atoms with van der Waals surface area (Å²) in [5, 5.41) is 0. The van der Waals surface area contributed by atoms with E-state index < -0.39 is 35.8 Å². The first-order chi connectivity index (χ1) is 7.82. The lowest BCUT2D eigenvalue weighted by molar-refractivity contribution is -0.0500. The molecule has 0 saturated heterocycles. The zero-order valence-electron chi connectivity index (χ0n) is 8.72. The average Bonchev–Trinajstić information content (AvgIpc) is 2.18. The Morgan fingerprint density at radius 3 is 2.29 bits per heavy atom. The van der Waals surface area contributed by atoms with Gasteiger partial charge in [-0.15, -0.1) is 0 Å². The standard InChI is InChI=1S/C10H9F4NO2/c1-4(16)6-2-5(17-10(13)14)3-7(8(6)15)9(11)12/h2-3,9-10H,15H2,1H3. The minimum atomic E-state index is -3.16. The third kappa shape index (κ3) is 3.08. The van der Waals surface area contributed by atoms with Crippen LogP contribution in [0.4, 0.5) is 23.2 Å². The Morgan fingerprint density at radius 1 is 1.29 bits per heavy atom. The van der Waals surface area contributed by atoms with Gasteiger partial charge in [-0.3, -0.25) is 4.79 Å². The van der Waals surface area contributed by atoms with E-state index in [2.05, 4.69) is 4.74 Å². The molecular weight excluding hydrogens is 242 g/mol. The van der Waals surface area contributed by atoms with Crippen LogP contribution in [0.3, 0.4) is 0 Å². The van der Waals surface area contributed by atoms with E-state index in [-0.39, 0.29) is 5.56 Å². The molecule has 1 rings (SSSR count). The zero-order chi connectivity index (χ0) is 13.2. The molecule has 0 aliphatic heterocycles. The van der Waals surface area contributed by atoms with Gasteiger partial charge in [0.2, 0.25) is 0 Å². The number of alkyl halides is 4. The Labute approximate surface area is 94.2 Å². The van der Waals surface area contributed by atoms with Gasteiger partial charge in [-0.05, 0) is 19.1 Å². The highest BCUT2D eigenvalue weighted by Crippen LogP contribution is 2.33. The number of benzene rings is 1. The number of ether oxygens (including phenoxy) is 1. The van der Waals surface area contributed by atoms with Gasteiger partial charge < -0.3 is 10.5 Å². The van der Waals surface area contributed by atoms with Gasteiger partial charge in [0, 0.05) is 11.1 Å². The molecule has 7 heteroatoms. The number of Topliss-reactive ketones (excluding diaryl/α,β-unsaturated/α-hetero) is 1. The number of carbonyl (C=O) groups excluding carboxylic acids is 1. The third-order valence-electron chi connectivity index (χ3n) is 2.03. The molecular formula is C10H9F4NO2. The maximum absolute atomic E-state index is 12.6. The SMILES string of the molecule is CC(=O)c1cc(OC(F)F)cc(C(F)F)c1N. The van der Waals surface area contributed by atoms with Gasteiger partial charge in [-0.1, -0.05) is 0 Å². The van der Waals surface area contributed by atoms with E-state index in [1.54, 1.807) is 0 Å². The van der Waals surface area contributed by atoms with E-state index in [1.807, 2.05) is 0 Å². The molecule has 0 bridgehead atoms. The molecule has 1 aromatic carbocycles. The second kappa shape index (κ2) is 5.03. The van der Waals surface area contributed by atoms with Crippen LogP contribution >= 0.6 is 0 Å². The lowest BCUT2D eigenvalue weighted by Crippen LogP contribution is -2.08. The zero-order valence-corrected chi connectivity index (χ0v) is 8.72. The molecule has 3 nitrogen and oxygen atoms in total. The van der Waals surface area contributed by atoms with Crippen molar-refractivity contribution in [1.82, 2.24) is 0 Å². The lowest BCUT2D eigenvalue weighted by atomic mass is 10.0. The van der Waals surface area contributed by atoms with E-state index >= 15 is 0 Å². The highest BCUT2D eigenvalue weighted by Gasteiger charge is 2.19. The van der Waals surface area contributed by atoms with E-state index in [0.717, 1.165) is 13.0 Å². The number of halogens is 4. The molecule has 0 radical (unpaired) electrons. The molecule has 0 unspecified atom stereocenters. The van der Waals surface area contributed by atoms with E-state index in [1.165, 1.54) is 0 Å². The Balaban J connectivity index is 3.31. The summed E-state index contributed by atoms with van der Waals surface area (Å²) in [5.74, 6) is -1.13. The van der Waals surface area contributed by atoms with Crippen molar-refractivity contribution in [3.05, 3.63) is 23.3 Å². The van der Waals surface area contributed by atoms with Crippen LogP contribution < -0.4 is 10.5 Å². The first-order valence-corrected chi connectivity index (χ1v) is 4.50. The van der Waals surface area contributed by atoms with Crippen LogP contribution in [0.25, 0.3) is 0 Å². The predicted octanol–water partition coefficient (Wildman–Crippen LogP) is 3.01. The van der Waals surface area contributed by atoms with Crippen molar-refractivity contribution in [2.45, 2.75) is 20.0 Å². The monoisotopic (exact) mass is 251 g/mol. The molecule has 17 heavy (non-hydrogen) atoms. The summed E-state index contributed by atoms with van der Waals surface area (Å²) in [6, 6.07) is 1.61. The summed E-state index contributed by atoms with van der Waals surface area (Å²) in [6.07, 6.45) is -2.98. The summed E-state index contributed by atoms with van der Waals surface area (Å²) >= 11 is 0. The lowest BCUT2D eigenvalue weighted by Gasteiger charge is -2.12. The normalized spacial score (nSPS) is 11.0. The molecule has 0 heterocycles. The molecule has 0 atom stereocenters. The molecule has 94 valence electrons. The molecule has 0 aliphatic rings. The largest absolute Gasteiger partial charge is 0.435 e. The molecule has 0 spiro atoms. The Morgan fingerprint density at radius 2 is 1.88 bits per heavy atom. The van der Waals surface area contributed by atoms with Crippen LogP contribution in [0.15, 0.2) is 12.1 Å². The van der Waals surface area contributed by atoms with Gasteiger partial charge in [0.05, 0.1) is 5.69 Å². The number of ketones is 1. The fourth-order valence-electron chi connectivity index (χ4n) is 1.29. The summed E-state index contributed by atoms with van der Waals surface area (Å²) < 4.78 is 53.0. The Bertz CT molecular complexity index is 435. The van der Waals surface area contributed by atoms with Gasteiger partial charge >= 0.3 is 6.61 Å². The van der Waals surface area contributed by atoms with Crippen molar-refractivity contribution in [1.29, 1.82) is 0 Å². The molecule has 0 aliphatic carbocycles. The number of hydrogen-bond donors (Lipinski definition) is 1. The minimum absolute atomic E-state index is 0.265. The number of hydrogen-bond acceptors (Lipinski definition) is 3. The van der Waals surface area contributed by atoms with Crippen molar-refractivity contribution < 1.29 is 27.1 Å². The van der Waals surface area contributed by atoms with E-state index in [9.17, 15) is 22.4 Å². The van der Waals surface area contributed by atoms with Crippen molar-refractivity contribution >= 4 is 11.5 Å². The Kier molecular flexibility index (Phi) is 3.93. The van der Waals surface area contributed by atoms with Gasteiger partial charge in [-0.25, -0.2) is 8.78 Å². The summed E-state index contributed by atoms with van der Waals surface area (Å²) in [7, 11) is 0. The van der Waals surface area contributed by atoms with Crippen molar-refractivity contribution in [3.63, 3.8) is 0 Å². The maximum atomic E-state index is 12.6. The van der Waals surface area contributed by atoms with Gasteiger partial charge in [0.25, 0.3) is 6.43 Å². The first-order valence-electron chi connectivity index (χ1n) is 4.50. The number of carbonyl (C=O) groups is 1. The fourth-order valence-corrected chi connectivity index (χ4v) is 1.29. The molecule has 0 aromatic heterocycles. The predicted molar refractivity (Wildman–Crippen MR) is 52.4 cm³/mol. The Hall–Kier alpha value is -1.79. The number of rotatable bonds is 4. The highest BCUT2D eigenvalue weighted by atomic mass is 19.3. The quantitative estimate of drug-likeness (QED) is 0.508. The fraction of sp³-hybridized carbons (Fsp3) is 0.300. The number of nitrogens with two attached hydrogens (primary N) is 1. The highest BCUT2D eigenvalue weighted by molar-refractivity contribution is 6.00. The van der Waals surface area contributed by atoms with E-state index in [4.69, 9.17) is 5.73 Å². The summed E-state index contributed by atoms with van der Waals surface area (Å²) in [4.78, 5) is 11.1. The number of nitrogen functional groups attached to an aromatic ring is 1. The average molecular weight is 251 g/mol. The van der Waals surface area contributed by atoms with Crippen LogP contribution in [0.5, 0.6) is 5.75 Å². The molecule has 0 saturated carbocycles. The van der Waals surface area contributed by atoms with Crippen molar-refractivity contribution in [2.24, 2.45) is 0 Å². The van der Waals surface area contributed by atoms with Crippen LogP contribution in [-0.2, 0) is 0 Å². The topological polar surface area (TPSA) is 52.3 Å². The molecule has 2 N–H and O–H groups in total. The van der Waals surface area contributed by atoms with Gasteiger partial charge in [0.15, 0.2) is 5.78 Å². The van der Waals surface area contributed by atoms with Crippen molar-refractivity contribution in [2.75, 3.05) is 5.73 Å². The molecule has 1 aromatic rings.